The monoisotopic (exact) mass is 612 g/mol. The van der Waals surface area contributed by atoms with Crippen LogP contribution < -0.4 is 5.73 Å². The number of carboxylic acid groups (broad SMARTS) is 2. The number of nitrogens with one attached hydrogen (secondary N) is 1. The molecule has 0 bridgehead atoms. The molecule has 0 spiro atoms. The number of carbonyl (C=O) groups excluding carboxylic acids is 1. The maximum Gasteiger partial charge on any atom is 0.490 e. The van der Waals surface area contributed by atoms with Crippen LogP contribution in [0.2, 0.25) is 0 Å². The van der Waals surface area contributed by atoms with Crippen molar-refractivity contribution in [3.8, 4) is 11.1 Å². The van der Waals surface area contributed by atoms with Gasteiger partial charge in [0, 0.05) is 36.6 Å². The molecule has 0 atom stereocenters. The van der Waals surface area contributed by atoms with Gasteiger partial charge < -0.3 is 20.8 Å². The number of alkyl halides is 6. The third kappa shape index (κ3) is 10.8. The van der Waals surface area contributed by atoms with Crippen LogP contribution in [0.5, 0.6) is 0 Å². The van der Waals surface area contributed by atoms with Crippen molar-refractivity contribution in [1.29, 1.82) is 5.41 Å². The second-order valence-electron chi connectivity index (χ2n) is 9.02. The highest BCUT2D eigenvalue weighted by atomic mass is 19.4. The van der Waals surface area contributed by atoms with Crippen LogP contribution in [0, 0.1) is 5.41 Å². The van der Waals surface area contributed by atoms with Crippen molar-refractivity contribution >= 4 is 23.7 Å². The third-order valence-corrected chi connectivity index (χ3v) is 6.08. The summed E-state index contributed by atoms with van der Waals surface area (Å²) >= 11 is 0. The van der Waals surface area contributed by atoms with Crippen molar-refractivity contribution in [2.45, 2.75) is 31.1 Å². The Morgan fingerprint density at radius 2 is 1.26 bits per heavy atom. The minimum absolute atomic E-state index is 0.0854. The number of nitrogens with zero attached hydrogens (tertiary/aromatic N) is 2. The summed E-state index contributed by atoms with van der Waals surface area (Å²) in [4.78, 5) is 36.7. The maximum atomic E-state index is 12.9. The Labute approximate surface area is 241 Å². The fourth-order valence-electron chi connectivity index (χ4n) is 3.91. The van der Waals surface area contributed by atoms with Crippen molar-refractivity contribution in [1.82, 2.24) is 9.88 Å². The number of hydrogen-bond acceptors (Lipinski definition) is 5. The van der Waals surface area contributed by atoms with Gasteiger partial charge in [-0.3, -0.25) is 15.2 Å². The number of amidine groups is 1. The number of likely N-dealkylation sites (tertiary alicyclic amines) is 1. The lowest BCUT2D eigenvalue weighted by Gasteiger charge is -2.32. The molecule has 5 N–H and O–H groups in total. The van der Waals surface area contributed by atoms with Crippen molar-refractivity contribution in [3.05, 3.63) is 89.7 Å². The number of rotatable bonds is 4. The molecule has 43 heavy (non-hydrogen) atoms. The van der Waals surface area contributed by atoms with Crippen LogP contribution in [0.15, 0.2) is 73.1 Å². The van der Waals surface area contributed by atoms with Crippen LogP contribution >= 0.6 is 0 Å². The minimum Gasteiger partial charge on any atom is -0.475 e. The fraction of sp³-hybridized carbons (Fsp3) is 0.250. The molecule has 0 aliphatic carbocycles. The molecule has 3 aromatic rings. The number of amides is 1. The summed E-state index contributed by atoms with van der Waals surface area (Å²) in [6, 6.07) is 19.6. The van der Waals surface area contributed by atoms with Crippen LogP contribution in [0.3, 0.4) is 0 Å². The van der Waals surface area contributed by atoms with E-state index in [-0.39, 0.29) is 11.7 Å². The lowest BCUT2D eigenvalue weighted by Crippen LogP contribution is -2.37. The lowest BCUT2D eigenvalue weighted by molar-refractivity contribution is -0.193. The van der Waals surface area contributed by atoms with Crippen molar-refractivity contribution in [2.75, 3.05) is 13.1 Å². The molecule has 1 aliphatic heterocycles. The van der Waals surface area contributed by atoms with Crippen LogP contribution in [0.25, 0.3) is 11.1 Å². The summed E-state index contributed by atoms with van der Waals surface area (Å²) in [7, 11) is 0. The standard InChI is InChI=1S/C24H24N4O.2C2HF3O2/c25-23(26)22-3-1-2-21(16-22)19-10-14-28(15-11-19)24(29)20-6-4-17(5-7-20)18-8-12-27-13-9-18;2*3-2(4,5)1(6)7/h1-9,12-13,16,19H,10-11,14-15H2,(H3,25,26);2*(H,6,7). The van der Waals surface area contributed by atoms with E-state index in [2.05, 4.69) is 11.1 Å². The first-order chi connectivity index (χ1) is 20.0. The minimum atomic E-state index is -5.08. The van der Waals surface area contributed by atoms with Crippen molar-refractivity contribution in [3.63, 3.8) is 0 Å². The van der Waals surface area contributed by atoms with Gasteiger partial charge in [0.05, 0.1) is 0 Å². The van der Waals surface area contributed by atoms with Crippen molar-refractivity contribution < 1.29 is 50.9 Å². The number of benzene rings is 2. The number of aromatic nitrogens is 1. The lowest BCUT2D eigenvalue weighted by atomic mass is 9.88. The summed E-state index contributed by atoms with van der Waals surface area (Å²) in [5.74, 6) is -4.94. The van der Waals surface area contributed by atoms with E-state index < -0.39 is 24.3 Å². The molecule has 1 aromatic heterocycles. The highest BCUT2D eigenvalue weighted by Gasteiger charge is 2.38. The van der Waals surface area contributed by atoms with Gasteiger partial charge in [-0.15, -0.1) is 0 Å². The quantitative estimate of drug-likeness (QED) is 0.176. The highest BCUT2D eigenvalue weighted by molar-refractivity contribution is 5.95. The topological polar surface area (TPSA) is 158 Å². The Bertz CT molecular complexity index is 1380. The zero-order chi connectivity index (χ0) is 32.4. The van der Waals surface area contributed by atoms with E-state index in [1.165, 1.54) is 5.56 Å². The van der Waals surface area contributed by atoms with Gasteiger partial charge in [0.2, 0.25) is 0 Å². The molecule has 2 heterocycles. The number of nitrogen functional groups attached to an aromatic ring is 1. The molecule has 0 saturated carbocycles. The van der Waals surface area contributed by atoms with E-state index >= 15 is 0 Å². The molecule has 1 fully saturated rings. The first-order valence-electron chi connectivity index (χ1n) is 12.3. The van der Waals surface area contributed by atoms with E-state index in [0.717, 1.165) is 48.2 Å². The van der Waals surface area contributed by atoms with Gasteiger partial charge in [-0.1, -0.05) is 30.3 Å². The Hall–Kier alpha value is -4.95. The second kappa shape index (κ2) is 14.8. The van der Waals surface area contributed by atoms with Gasteiger partial charge in [-0.05, 0) is 65.8 Å². The fourth-order valence-corrected chi connectivity index (χ4v) is 3.91. The molecule has 15 heteroatoms. The van der Waals surface area contributed by atoms with Crippen LogP contribution in [-0.4, -0.2) is 69.2 Å². The summed E-state index contributed by atoms with van der Waals surface area (Å²) in [6.45, 7) is 1.47. The Morgan fingerprint density at radius 1 is 0.791 bits per heavy atom. The van der Waals surface area contributed by atoms with E-state index in [1.54, 1.807) is 12.4 Å². The van der Waals surface area contributed by atoms with Crippen LogP contribution in [0.4, 0.5) is 26.3 Å². The number of carbonyl (C=O) groups is 3. The van der Waals surface area contributed by atoms with E-state index in [4.69, 9.17) is 30.9 Å². The van der Waals surface area contributed by atoms with Gasteiger partial charge in [-0.2, -0.15) is 26.3 Å². The number of pyridine rings is 1. The molecule has 4 rings (SSSR count). The largest absolute Gasteiger partial charge is 0.490 e. The SMILES string of the molecule is N=C(N)c1cccc(C2CCN(C(=O)c3ccc(-c4ccncc4)cc3)CC2)c1.O=C(O)C(F)(F)F.O=C(O)C(F)(F)F. The van der Waals surface area contributed by atoms with Crippen LogP contribution in [-0.2, 0) is 9.59 Å². The zero-order valence-corrected chi connectivity index (χ0v) is 22.2. The predicted molar refractivity (Wildman–Crippen MR) is 142 cm³/mol. The average molecular weight is 613 g/mol. The Morgan fingerprint density at radius 3 is 1.70 bits per heavy atom. The molecule has 1 aliphatic rings. The molecule has 1 amide bonds. The number of halogens is 6. The van der Waals surface area contributed by atoms with Gasteiger partial charge in [0.15, 0.2) is 0 Å². The Kier molecular flexibility index (Phi) is 11.8. The summed E-state index contributed by atoms with van der Waals surface area (Å²) in [5.41, 5.74) is 10.5. The Balaban J connectivity index is 0.000000384. The van der Waals surface area contributed by atoms with Gasteiger partial charge in [0.1, 0.15) is 5.84 Å². The molecule has 0 radical (unpaired) electrons. The number of piperidine rings is 1. The van der Waals surface area contributed by atoms with Gasteiger partial charge in [-0.25, -0.2) is 9.59 Å². The van der Waals surface area contributed by atoms with Crippen molar-refractivity contribution in [2.24, 2.45) is 5.73 Å². The first-order valence-corrected chi connectivity index (χ1v) is 12.3. The van der Waals surface area contributed by atoms with Gasteiger partial charge >= 0.3 is 24.3 Å². The van der Waals surface area contributed by atoms with E-state index in [9.17, 15) is 31.1 Å². The maximum absolute atomic E-state index is 12.9. The normalized spacial score (nSPS) is 13.5. The third-order valence-electron chi connectivity index (χ3n) is 6.08. The average Bonchev–Trinajstić information content (AvgIpc) is 2.97. The molecular weight excluding hydrogens is 586 g/mol. The van der Waals surface area contributed by atoms with E-state index in [0.29, 0.717) is 5.92 Å². The summed E-state index contributed by atoms with van der Waals surface area (Å²) in [6.07, 6.45) is -4.79. The smallest absolute Gasteiger partial charge is 0.475 e. The van der Waals surface area contributed by atoms with E-state index in [1.807, 2.05) is 59.5 Å². The highest BCUT2D eigenvalue weighted by Crippen LogP contribution is 2.29. The van der Waals surface area contributed by atoms with Crippen LogP contribution in [0.1, 0.15) is 40.2 Å². The molecular formula is C28H26F6N4O5. The zero-order valence-electron chi connectivity index (χ0n) is 22.2. The number of aliphatic carboxylic acids is 2. The molecule has 2 aromatic carbocycles. The first kappa shape index (κ1) is 34.3. The summed E-state index contributed by atoms with van der Waals surface area (Å²) in [5, 5.41) is 21.9. The molecule has 1 saturated heterocycles. The summed E-state index contributed by atoms with van der Waals surface area (Å²) < 4.78 is 63.5. The molecule has 230 valence electrons. The molecule has 9 nitrogen and oxygen atoms in total. The number of hydrogen-bond donors (Lipinski definition) is 4. The number of nitrogens with two attached hydrogens (primary N) is 1. The second-order valence-corrected chi connectivity index (χ2v) is 9.02. The molecule has 0 unspecified atom stereocenters. The number of carboxylic acids is 2. The van der Waals surface area contributed by atoms with Gasteiger partial charge in [0.25, 0.3) is 5.91 Å². The predicted octanol–water partition coefficient (Wildman–Crippen LogP) is 5.32.